The zero-order valence-corrected chi connectivity index (χ0v) is 11.5. The van der Waals surface area contributed by atoms with E-state index in [0.717, 1.165) is 0 Å². The van der Waals surface area contributed by atoms with Crippen molar-refractivity contribution in [1.82, 2.24) is 4.90 Å². The Kier molecular flexibility index (Phi) is 6.26. The van der Waals surface area contributed by atoms with Gasteiger partial charge in [0.25, 0.3) is 12.1 Å². The van der Waals surface area contributed by atoms with Gasteiger partial charge >= 0.3 is 0 Å². The molecule has 0 fully saturated rings. The molecule has 1 aromatic rings. The monoisotopic (exact) mass is 338 g/mol. The predicted molar refractivity (Wildman–Crippen MR) is 69.2 cm³/mol. The van der Waals surface area contributed by atoms with E-state index in [1.54, 1.807) is 6.07 Å². The first-order valence-electron chi connectivity index (χ1n) is 5.48. The number of aliphatic hydroxyl groups is 1. The van der Waals surface area contributed by atoms with Gasteiger partial charge in [-0.1, -0.05) is 12.1 Å². The van der Waals surface area contributed by atoms with Crippen molar-refractivity contribution >= 4 is 21.6 Å². The van der Waals surface area contributed by atoms with Gasteiger partial charge in [-0.15, -0.1) is 0 Å². The topological polar surface area (TPSA) is 66.6 Å². The van der Waals surface area contributed by atoms with Crippen LogP contribution in [0.25, 0.3) is 0 Å². The first kappa shape index (κ1) is 15.9. The molecule has 1 N–H and O–H groups in total. The number of alkyl halides is 2. The fraction of sp³-hybridized carbons (Fsp3) is 0.455. The summed E-state index contributed by atoms with van der Waals surface area (Å²) in [5.74, 6) is 0. The Morgan fingerprint density at radius 2 is 2.16 bits per heavy atom. The summed E-state index contributed by atoms with van der Waals surface area (Å²) in [6, 6.07) is 4.45. The molecule has 0 heterocycles. The first-order valence-corrected chi connectivity index (χ1v) is 6.28. The smallest absolute Gasteiger partial charge is 0.283 e. The van der Waals surface area contributed by atoms with Crippen LogP contribution in [0.5, 0.6) is 0 Å². The number of nitrogens with zero attached hydrogens (tertiary/aromatic N) is 2. The Hall–Kier alpha value is -1.12. The van der Waals surface area contributed by atoms with Gasteiger partial charge in [0.2, 0.25) is 0 Å². The SMILES string of the molecule is O=[N+]([O-])c1cccc(CN(CCO)CC(F)F)c1Br. The van der Waals surface area contributed by atoms with E-state index < -0.39 is 17.9 Å². The van der Waals surface area contributed by atoms with Gasteiger partial charge in [0.05, 0.1) is 22.5 Å². The second-order valence-corrected chi connectivity index (χ2v) is 4.65. The summed E-state index contributed by atoms with van der Waals surface area (Å²) in [5, 5.41) is 19.6. The number of aliphatic hydroxyl groups excluding tert-OH is 1. The molecule has 0 aliphatic carbocycles. The zero-order valence-electron chi connectivity index (χ0n) is 9.93. The molecule has 0 saturated carbocycles. The summed E-state index contributed by atoms with van der Waals surface area (Å²) in [6.45, 7) is -0.554. The van der Waals surface area contributed by atoms with Crippen LogP contribution < -0.4 is 0 Å². The predicted octanol–water partition coefficient (Wildman–Crippen LogP) is 2.42. The van der Waals surface area contributed by atoms with Crippen molar-refractivity contribution in [2.75, 3.05) is 19.7 Å². The summed E-state index contributed by atoms with van der Waals surface area (Å²) in [6.07, 6.45) is -2.52. The van der Waals surface area contributed by atoms with Crippen molar-refractivity contribution in [1.29, 1.82) is 0 Å². The van der Waals surface area contributed by atoms with Crippen LogP contribution >= 0.6 is 15.9 Å². The molecule has 0 bridgehead atoms. The Bertz CT molecular complexity index is 446. The van der Waals surface area contributed by atoms with Gasteiger partial charge in [0.1, 0.15) is 0 Å². The Labute approximate surface area is 117 Å². The third kappa shape index (κ3) is 4.81. The van der Waals surface area contributed by atoms with Crippen molar-refractivity contribution in [3.05, 3.63) is 38.3 Å². The lowest BCUT2D eigenvalue weighted by Gasteiger charge is -2.21. The van der Waals surface area contributed by atoms with Crippen molar-refractivity contribution in [3.8, 4) is 0 Å². The molecule has 0 saturated heterocycles. The fourth-order valence-electron chi connectivity index (χ4n) is 1.64. The van der Waals surface area contributed by atoms with Crippen LogP contribution in [-0.4, -0.2) is 41.1 Å². The van der Waals surface area contributed by atoms with Gasteiger partial charge in [-0.3, -0.25) is 15.0 Å². The maximum absolute atomic E-state index is 12.4. The van der Waals surface area contributed by atoms with Gasteiger partial charge in [-0.2, -0.15) is 0 Å². The largest absolute Gasteiger partial charge is 0.395 e. The van der Waals surface area contributed by atoms with E-state index in [1.165, 1.54) is 17.0 Å². The van der Waals surface area contributed by atoms with E-state index in [1.807, 2.05) is 0 Å². The van der Waals surface area contributed by atoms with Crippen LogP contribution in [0, 0.1) is 10.1 Å². The highest BCUT2D eigenvalue weighted by Gasteiger charge is 2.18. The van der Waals surface area contributed by atoms with Crippen LogP contribution in [0.4, 0.5) is 14.5 Å². The lowest BCUT2D eigenvalue weighted by molar-refractivity contribution is -0.385. The molecule has 0 unspecified atom stereocenters. The second-order valence-electron chi connectivity index (χ2n) is 3.86. The van der Waals surface area contributed by atoms with Crippen LogP contribution in [-0.2, 0) is 6.54 Å². The normalized spacial score (nSPS) is 11.3. The number of halogens is 3. The third-order valence-electron chi connectivity index (χ3n) is 2.46. The molecule has 1 rings (SSSR count). The molecule has 0 aliphatic heterocycles. The number of hydrogen-bond donors (Lipinski definition) is 1. The number of hydrogen-bond acceptors (Lipinski definition) is 4. The highest BCUT2D eigenvalue weighted by Crippen LogP contribution is 2.29. The maximum atomic E-state index is 12.4. The number of benzene rings is 1. The summed E-state index contributed by atoms with van der Waals surface area (Å²) in [4.78, 5) is 11.6. The minimum atomic E-state index is -2.52. The van der Waals surface area contributed by atoms with Gasteiger partial charge in [0, 0.05) is 19.2 Å². The highest BCUT2D eigenvalue weighted by atomic mass is 79.9. The summed E-state index contributed by atoms with van der Waals surface area (Å²) >= 11 is 3.11. The molecule has 0 radical (unpaired) electrons. The van der Waals surface area contributed by atoms with Gasteiger partial charge in [-0.25, -0.2) is 8.78 Å². The Balaban J connectivity index is 2.90. The minimum absolute atomic E-state index is 0.0828. The lowest BCUT2D eigenvalue weighted by atomic mass is 10.2. The number of rotatable bonds is 7. The summed E-state index contributed by atoms with van der Waals surface area (Å²) in [5.41, 5.74) is 0.418. The molecule has 0 amide bonds. The Morgan fingerprint density at radius 1 is 1.47 bits per heavy atom. The molecule has 0 aromatic heterocycles. The quantitative estimate of drug-likeness (QED) is 0.612. The molecule has 0 atom stereocenters. The van der Waals surface area contributed by atoms with Crippen molar-refractivity contribution in [2.24, 2.45) is 0 Å². The van der Waals surface area contributed by atoms with Crippen molar-refractivity contribution in [2.45, 2.75) is 13.0 Å². The minimum Gasteiger partial charge on any atom is -0.395 e. The molecule has 0 aliphatic rings. The van der Waals surface area contributed by atoms with Crippen molar-refractivity contribution in [3.63, 3.8) is 0 Å². The van der Waals surface area contributed by atoms with E-state index in [4.69, 9.17) is 5.11 Å². The van der Waals surface area contributed by atoms with Crippen LogP contribution in [0.15, 0.2) is 22.7 Å². The average Bonchev–Trinajstić information content (AvgIpc) is 2.31. The molecule has 19 heavy (non-hydrogen) atoms. The molecular formula is C11H13BrF2N2O3. The van der Waals surface area contributed by atoms with Gasteiger partial charge in [0.15, 0.2) is 0 Å². The van der Waals surface area contributed by atoms with E-state index in [-0.39, 0.29) is 29.9 Å². The molecule has 106 valence electrons. The Morgan fingerprint density at radius 3 is 2.68 bits per heavy atom. The average molecular weight is 339 g/mol. The van der Waals surface area contributed by atoms with Crippen LogP contribution in [0.1, 0.15) is 5.56 Å². The summed E-state index contributed by atoms with van der Waals surface area (Å²) < 4.78 is 25.0. The van der Waals surface area contributed by atoms with E-state index >= 15 is 0 Å². The zero-order chi connectivity index (χ0) is 14.4. The van der Waals surface area contributed by atoms with E-state index in [2.05, 4.69) is 15.9 Å². The molecule has 5 nitrogen and oxygen atoms in total. The molecule has 1 aromatic carbocycles. The first-order chi connectivity index (χ1) is 8.95. The number of nitro groups is 1. The number of nitro benzene ring substituents is 1. The highest BCUT2D eigenvalue weighted by molar-refractivity contribution is 9.10. The molecular weight excluding hydrogens is 326 g/mol. The van der Waals surface area contributed by atoms with Crippen LogP contribution in [0.3, 0.4) is 0 Å². The van der Waals surface area contributed by atoms with Crippen molar-refractivity contribution < 1.29 is 18.8 Å². The van der Waals surface area contributed by atoms with Gasteiger partial charge in [-0.05, 0) is 21.5 Å². The standard InChI is InChI=1S/C11H13BrF2N2O3/c12-11-8(2-1-3-9(11)16(18)19)6-15(4-5-17)7-10(13)14/h1-3,10,17H,4-7H2. The molecule has 8 heteroatoms. The second kappa shape index (κ2) is 7.46. The lowest BCUT2D eigenvalue weighted by Crippen LogP contribution is -2.31. The maximum Gasteiger partial charge on any atom is 0.283 e. The van der Waals surface area contributed by atoms with Crippen LogP contribution in [0.2, 0.25) is 0 Å². The summed E-state index contributed by atoms with van der Waals surface area (Å²) in [7, 11) is 0. The van der Waals surface area contributed by atoms with Gasteiger partial charge < -0.3 is 5.11 Å². The fourth-order valence-corrected chi connectivity index (χ4v) is 2.18. The van der Waals surface area contributed by atoms with E-state index in [9.17, 15) is 18.9 Å². The molecule has 0 spiro atoms. The third-order valence-corrected chi connectivity index (χ3v) is 3.38. The van der Waals surface area contributed by atoms with E-state index in [0.29, 0.717) is 5.56 Å².